The number of carbonyl (C=O) groups excluding carboxylic acids is 1. The molecule has 0 aliphatic heterocycles. The van der Waals surface area contributed by atoms with Crippen molar-refractivity contribution in [2.45, 2.75) is 26.4 Å². The summed E-state index contributed by atoms with van der Waals surface area (Å²) >= 11 is 9.47. The van der Waals surface area contributed by atoms with Crippen LogP contribution < -0.4 is 15.4 Å². The fourth-order valence-electron chi connectivity index (χ4n) is 2.77. The van der Waals surface area contributed by atoms with E-state index in [4.69, 9.17) is 21.1 Å². The largest absolute Gasteiger partial charge is 0.485 e. The molecule has 0 saturated heterocycles. The highest BCUT2D eigenvalue weighted by atomic mass is 79.9. The minimum absolute atomic E-state index is 0.000821. The number of nitro benzene ring substituents is 1. The van der Waals surface area contributed by atoms with Crippen LogP contribution in [-0.4, -0.2) is 39.7 Å². The van der Waals surface area contributed by atoms with Gasteiger partial charge in [0, 0.05) is 22.3 Å². The summed E-state index contributed by atoms with van der Waals surface area (Å²) in [4.78, 5) is 31.2. The van der Waals surface area contributed by atoms with Gasteiger partial charge in [0.15, 0.2) is 5.75 Å². The van der Waals surface area contributed by atoms with Gasteiger partial charge in [0.2, 0.25) is 0 Å². The Kier molecular flexibility index (Phi) is 7.54. The van der Waals surface area contributed by atoms with Crippen molar-refractivity contribution in [3.05, 3.63) is 56.3 Å². The van der Waals surface area contributed by atoms with Crippen LogP contribution in [0.25, 0.3) is 10.9 Å². The van der Waals surface area contributed by atoms with E-state index in [9.17, 15) is 14.9 Å². The average Bonchev–Trinajstić information content (AvgIpc) is 2.72. The third-order valence-corrected chi connectivity index (χ3v) is 5.36. The molecule has 0 aliphatic rings. The van der Waals surface area contributed by atoms with E-state index in [1.54, 1.807) is 39.0 Å². The van der Waals surface area contributed by atoms with Gasteiger partial charge in [-0.2, -0.15) is 0 Å². The van der Waals surface area contributed by atoms with Crippen molar-refractivity contribution in [3.8, 4) is 5.75 Å². The van der Waals surface area contributed by atoms with E-state index in [1.807, 2.05) is 0 Å². The number of hydrogen-bond donors (Lipinski definition) is 2. The summed E-state index contributed by atoms with van der Waals surface area (Å²) in [7, 11) is 0. The number of fused-ring (bicyclic) bond motifs is 1. The number of nitrogens with zero attached hydrogens (tertiary/aromatic N) is 3. The van der Waals surface area contributed by atoms with E-state index >= 15 is 0 Å². The molecular formula is C21H21BrClN5O5. The zero-order valence-corrected chi connectivity index (χ0v) is 20.4. The highest BCUT2D eigenvalue weighted by Gasteiger charge is 2.20. The summed E-state index contributed by atoms with van der Waals surface area (Å²) in [6.07, 6.45) is 0.737. The minimum Gasteiger partial charge on any atom is -0.485 e. The van der Waals surface area contributed by atoms with Crippen molar-refractivity contribution in [3.63, 3.8) is 0 Å². The van der Waals surface area contributed by atoms with Gasteiger partial charge in [0.25, 0.3) is 0 Å². The summed E-state index contributed by atoms with van der Waals surface area (Å²) < 4.78 is 11.4. The van der Waals surface area contributed by atoms with Crippen molar-refractivity contribution in [2.75, 3.05) is 18.5 Å². The highest BCUT2D eigenvalue weighted by Crippen LogP contribution is 2.35. The number of carbonyl (C=O) groups is 1. The molecule has 0 spiro atoms. The molecule has 0 saturated carbocycles. The van der Waals surface area contributed by atoms with Gasteiger partial charge in [-0.05, 0) is 54.9 Å². The maximum atomic E-state index is 11.7. The van der Waals surface area contributed by atoms with Gasteiger partial charge in [-0.25, -0.2) is 14.8 Å². The van der Waals surface area contributed by atoms with Gasteiger partial charge in [-0.3, -0.25) is 10.1 Å². The first-order valence-corrected chi connectivity index (χ1v) is 11.0. The standard InChI is InChI=1S/C21H21BrClN5O5/c1-21(2,3)33-20(29)24-6-7-32-18-10-16-13(9-17(18)28(30)31)19(26-11-25-16)27-12-4-5-14(22)15(23)8-12/h4-5,8-11H,6-7H2,1-3H3,(H,24,29)(H,25,26,27). The average molecular weight is 539 g/mol. The molecule has 10 nitrogen and oxygen atoms in total. The first-order valence-electron chi connectivity index (χ1n) is 9.78. The van der Waals surface area contributed by atoms with Crippen LogP contribution in [0.4, 0.5) is 22.0 Å². The number of nitro groups is 1. The second-order valence-corrected chi connectivity index (χ2v) is 9.11. The molecule has 1 amide bonds. The quantitative estimate of drug-likeness (QED) is 0.226. The Morgan fingerprint density at radius 2 is 2.00 bits per heavy atom. The molecule has 1 heterocycles. The van der Waals surface area contributed by atoms with Gasteiger partial charge >= 0.3 is 11.8 Å². The summed E-state index contributed by atoms with van der Waals surface area (Å²) in [6.45, 7) is 5.34. The number of alkyl carbamates (subject to hydrolysis) is 1. The van der Waals surface area contributed by atoms with E-state index in [-0.39, 0.29) is 24.6 Å². The molecule has 3 rings (SSSR count). The van der Waals surface area contributed by atoms with Crippen LogP contribution in [0.3, 0.4) is 0 Å². The Hall–Kier alpha value is -3.18. The summed E-state index contributed by atoms with van der Waals surface area (Å²) in [6, 6.07) is 8.06. The van der Waals surface area contributed by atoms with Gasteiger partial charge in [0.1, 0.15) is 24.4 Å². The topological polar surface area (TPSA) is 129 Å². The molecule has 2 N–H and O–H groups in total. The Morgan fingerprint density at radius 1 is 1.24 bits per heavy atom. The highest BCUT2D eigenvalue weighted by molar-refractivity contribution is 9.10. The molecule has 174 valence electrons. The van der Waals surface area contributed by atoms with Crippen LogP contribution in [0.1, 0.15) is 20.8 Å². The molecule has 12 heteroatoms. The third-order valence-electron chi connectivity index (χ3n) is 4.12. The first-order chi connectivity index (χ1) is 15.5. The molecule has 1 aromatic heterocycles. The molecule has 0 atom stereocenters. The number of amides is 1. The van der Waals surface area contributed by atoms with Crippen LogP contribution in [-0.2, 0) is 4.74 Å². The smallest absolute Gasteiger partial charge is 0.407 e. The molecule has 0 unspecified atom stereocenters. The van der Waals surface area contributed by atoms with Gasteiger partial charge < -0.3 is 20.1 Å². The Labute approximate surface area is 202 Å². The number of benzene rings is 2. The first kappa shape index (κ1) is 24.5. The number of anilines is 2. The monoisotopic (exact) mass is 537 g/mol. The Balaban J connectivity index is 1.79. The summed E-state index contributed by atoms with van der Waals surface area (Å²) in [5, 5.41) is 18.2. The molecule has 2 aromatic carbocycles. The molecule has 0 bridgehead atoms. The van der Waals surface area contributed by atoms with Crippen LogP contribution in [0.5, 0.6) is 5.75 Å². The lowest BCUT2D eigenvalue weighted by Crippen LogP contribution is -2.34. The van der Waals surface area contributed by atoms with E-state index < -0.39 is 16.6 Å². The Bertz CT molecular complexity index is 1200. The van der Waals surface area contributed by atoms with Crippen LogP contribution in [0.2, 0.25) is 5.02 Å². The number of nitrogens with one attached hydrogen (secondary N) is 2. The van der Waals surface area contributed by atoms with Crippen molar-refractivity contribution < 1.29 is 19.2 Å². The van der Waals surface area contributed by atoms with Crippen molar-refractivity contribution >= 4 is 61.7 Å². The normalized spacial score (nSPS) is 11.2. The molecule has 0 radical (unpaired) electrons. The molecule has 3 aromatic rings. The lowest BCUT2D eigenvalue weighted by Gasteiger charge is -2.19. The van der Waals surface area contributed by atoms with Gasteiger partial charge in [0.05, 0.1) is 27.4 Å². The number of ether oxygens (including phenoxy) is 2. The lowest BCUT2D eigenvalue weighted by atomic mass is 10.2. The molecular weight excluding hydrogens is 518 g/mol. The zero-order valence-electron chi connectivity index (χ0n) is 18.0. The minimum atomic E-state index is -0.630. The maximum Gasteiger partial charge on any atom is 0.407 e. The Morgan fingerprint density at radius 3 is 2.67 bits per heavy atom. The fourth-order valence-corrected chi connectivity index (χ4v) is 3.20. The van der Waals surface area contributed by atoms with Gasteiger partial charge in [-0.1, -0.05) is 11.6 Å². The lowest BCUT2D eigenvalue weighted by molar-refractivity contribution is -0.385. The van der Waals surface area contributed by atoms with Crippen molar-refractivity contribution in [2.24, 2.45) is 0 Å². The predicted molar refractivity (Wildman–Crippen MR) is 128 cm³/mol. The van der Waals surface area contributed by atoms with E-state index in [0.29, 0.717) is 27.4 Å². The third kappa shape index (κ3) is 6.65. The SMILES string of the molecule is CC(C)(C)OC(=O)NCCOc1cc2ncnc(Nc3ccc(Br)c(Cl)c3)c2cc1[N+](=O)[O-]. The predicted octanol–water partition coefficient (Wildman–Crippen LogP) is 5.60. The second-order valence-electron chi connectivity index (χ2n) is 7.85. The number of aromatic nitrogens is 2. The summed E-state index contributed by atoms with van der Waals surface area (Å²) in [5.74, 6) is 0.398. The number of rotatable bonds is 7. The zero-order chi connectivity index (χ0) is 24.2. The maximum absolute atomic E-state index is 11.7. The van der Waals surface area contributed by atoms with Crippen LogP contribution in [0.15, 0.2) is 41.1 Å². The number of hydrogen-bond acceptors (Lipinski definition) is 8. The van der Waals surface area contributed by atoms with E-state index in [1.165, 1.54) is 18.5 Å². The van der Waals surface area contributed by atoms with E-state index in [2.05, 4.69) is 36.5 Å². The summed E-state index contributed by atoms with van der Waals surface area (Å²) in [5.41, 5.74) is 0.206. The van der Waals surface area contributed by atoms with Crippen LogP contribution >= 0.6 is 27.5 Å². The molecule has 0 aliphatic carbocycles. The van der Waals surface area contributed by atoms with Crippen molar-refractivity contribution in [1.82, 2.24) is 15.3 Å². The fraction of sp³-hybridized carbons (Fsp3) is 0.286. The second kappa shape index (κ2) is 10.2. The van der Waals surface area contributed by atoms with Gasteiger partial charge in [-0.15, -0.1) is 0 Å². The van der Waals surface area contributed by atoms with Crippen LogP contribution in [0, 0.1) is 10.1 Å². The molecule has 0 fully saturated rings. The van der Waals surface area contributed by atoms with E-state index in [0.717, 1.165) is 4.47 Å². The molecule has 33 heavy (non-hydrogen) atoms. The number of halogens is 2. The van der Waals surface area contributed by atoms with Crippen molar-refractivity contribution in [1.29, 1.82) is 0 Å².